The number of benzene rings is 1. The van der Waals surface area contributed by atoms with Crippen LogP contribution in [0.5, 0.6) is 0 Å². The van der Waals surface area contributed by atoms with E-state index >= 15 is 0 Å². The molecule has 3 aromatic heterocycles. The van der Waals surface area contributed by atoms with Crippen LogP contribution in [-0.2, 0) is 17.6 Å². The lowest BCUT2D eigenvalue weighted by atomic mass is 10.3. The number of thiazole rings is 1. The Morgan fingerprint density at radius 2 is 2.00 bits per heavy atom. The smallest absolute Gasteiger partial charge is 0.277 e. The van der Waals surface area contributed by atoms with Crippen LogP contribution in [-0.4, -0.2) is 42.8 Å². The topological polar surface area (TPSA) is 107 Å². The number of hydrogen-bond donors (Lipinski definition) is 1. The van der Waals surface area contributed by atoms with E-state index in [0.717, 1.165) is 27.0 Å². The molecule has 1 amide bonds. The Kier molecular flexibility index (Phi) is 6.74. The molecule has 0 fully saturated rings. The van der Waals surface area contributed by atoms with Crippen molar-refractivity contribution in [3.05, 3.63) is 35.2 Å². The summed E-state index contributed by atoms with van der Waals surface area (Å²) in [7, 11) is 0. The van der Waals surface area contributed by atoms with Gasteiger partial charge in [-0.3, -0.25) is 10.1 Å². The highest BCUT2D eigenvalue weighted by Crippen LogP contribution is 2.26. The number of anilines is 1. The monoisotopic (exact) mass is 464 g/mol. The van der Waals surface area contributed by atoms with Crippen LogP contribution in [0.15, 0.2) is 38.2 Å². The Labute approximate surface area is 182 Å². The van der Waals surface area contributed by atoms with E-state index in [1.165, 1.54) is 27.8 Å². The highest BCUT2D eigenvalue weighted by atomic mass is 32.2. The van der Waals surface area contributed by atoms with E-state index in [2.05, 4.69) is 36.8 Å². The second-order valence-electron chi connectivity index (χ2n) is 5.68. The summed E-state index contributed by atoms with van der Waals surface area (Å²) < 4.78 is 7.64. The number of aromatic nitrogens is 5. The lowest BCUT2D eigenvalue weighted by Crippen LogP contribution is -2.13. The van der Waals surface area contributed by atoms with Crippen molar-refractivity contribution < 1.29 is 9.21 Å². The van der Waals surface area contributed by atoms with Gasteiger partial charge in [0.2, 0.25) is 16.9 Å². The first-order valence-corrected chi connectivity index (χ1v) is 12.4. The number of carbonyl (C=O) groups excluding carboxylic acids is 1. The molecule has 0 saturated carbocycles. The first-order valence-electron chi connectivity index (χ1n) is 8.75. The van der Waals surface area contributed by atoms with Crippen LogP contribution in [0, 0.1) is 0 Å². The van der Waals surface area contributed by atoms with Gasteiger partial charge in [-0.1, -0.05) is 53.9 Å². The molecule has 3 heterocycles. The lowest BCUT2D eigenvalue weighted by Gasteiger charge is -1.98. The molecule has 8 nitrogen and oxygen atoms in total. The van der Waals surface area contributed by atoms with E-state index in [1.807, 2.05) is 25.1 Å². The fourth-order valence-electron chi connectivity index (χ4n) is 2.36. The van der Waals surface area contributed by atoms with Crippen LogP contribution in [0.3, 0.4) is 0 Å². The minimum Gasteiger partial charge on any atom is -0.416 e. The van der Waals surface area contributed by atoms with Gasteiger partial charge in [-0.2, -0.15) is 0 Å². The molecule has 0 aliphatic heterocycles. The first kappa shape index (κ1) is 20.3. The summed E-state index contributed by atoms with van der Waals surface area (Å²) in [5.74, 6) is 1.43. The molecule has 0 bridgehead atoms. The van der Waals surface area contributed by atoms with Crippen LogP contribution < -0.4 is 5.32 Å². The Morgan fingerprint density at radius 1 is 1.10 bits per heavy atom. The fraction of sp³-hybridized carbons (Fsp3) is 0.294. The molecule has 0 aliphatic rings. The van der Waals surface area contributed by atoms with Crippen molar-refractivity contribution in [2.75, 3.05) is 16.8 Å². The molecule has 4 aromatic rings. The molecule has 0 atom stereocenters. The average Bonchev–Trinajstić information content (AvgIpc) is 3.44. The third-order valence-corrected chi connectivity index (χ3v) is 7.36. The Morgan fingerprint density at radius 3 is 2.86 bits per heavy atom. The van der Waals surface area contributed by atoms with Gasteiger partial charge in [0.15, 0.2) is 4.34 Å². The summed E-state index contributed by atoms with van der Waals surface area (Å²) in [5.41, 5.74) is 1.01. The van der Waals surface area contributed by atoms with Crippen LogP contribution in [0.25, 0.3) is 10.2 Å². The van der Waals surface area contributed by atoms with Crippen molar-refractivity contribution in [3.63, 3.8) is 0 Å². The molecule has 12 heteroatoms. The quantitative estimate of drug-likeness (QED) is 0.288. The predicted molar refractivity (Wildman–Crippen MR) is 117 cm³/mol. The number of aryl methyl sites for hydroxylation is 2. The summed E-state index contributed by atoms with van der Waals surface area (Å²) in [5, 5.41) is 20.7. The molecule has 150 valence electrons. The van der Waals surface area contributed by atoms with Gasteiger partial charge in [-0.25, -0.2) is 4.98 Å². The Bertz CT molecular complexity index is 1080. The highest BCUT2D eigenvalue weighted by Gasteiger charge is 2.13. The fourth-order valence-corrected chi connectivity index (χ4v) is 5.58. The minimum absolute atomic E-state index is 0.162. The second-order valence-corrected chi connectivity index (χ2v) is 10.2. The van der Waals surface area contributed by atoms with E-state index in [1.54, 1.807) is 23.1 Å². The SMILES string of the molecule is CCSc1nnc(NC(=O)CSc2nnc(CCc3nc4ccccc4s3)o2)s1. The average molecular weight is 465 g/mol. The van der Waals surface area contributed by atoms with Crippen LogP contribution >= 0.6 is 46.2 Å². The summed E-state index contributed by atoms with van der Waals surface area (Å²) in [4.78, 5) is 16.7. The van der Waals surface area contributed by atoms with Crippen molar-refractivity contribution >= 4 is 67.5 Å². The maximum absolute atomic E-state index is 12.1. The molecule has 1 N–H and O–H groups in total. The van der Waals surface area contributed by atoms with Gasteiger partial charge in [0, 0.05) is 12.8 Å². The van der Waals surface area contributed by atoms with Crippen LogP contribution in [0.1, 0.15) is 17.8 Å². The molecule has 1 aromatic carbocycles. The van der Waals surface area contributed by atoms with E-state index in [4.69, 9.17) is 4.42 Å². The van der Waals surface area contributed by atoms with Gasteiger partial charge in [0.1, 0.15) is 0 Å². The van der Waals surface area contributed by atoms with Crippen LogP contribution in [0.2, 0.25) is 0 Å². The number of nitrogens with zero attached hydrogens (tertiary/aromatic N) is 5. The van der Waals surface area contributed by atoms with E-state index < -0.39 is 0 Å². The van der Waals surface area contributed by atoms with Crippen molar-refractivity contribution in [2.24, 2.45) is 0 Å². The number of hydrogen-bond acceptors (Lipinski definition) is 11. The van der Waals surface area contributed by atoms with Gasteiger partial charge in [0.25, 0.3) is 5.22 Å². The summed E-state index contributed by atoms with van der Waals surface area (Å²) in [6, 6.07) is 8.06. The van der Waals surface area contributed by atoms with Crippen molar-refractivity contribution in [3.8, 4) is 0 Å². The number of amides is 1. The standard InChI is InChI=1S/C17H16N6O2S4/c1-2-26-17-23-21-15(29-17)19-12(24)9-27-16-22-20-13(25-16)7-8-14-18-10-5-3-4-6-11(10)28-14/h3-6H,2,7-9H2,1H3,(H,19,21,24). The van der Waals surface area contributed by atoms with E-state index in [-0.39, 0.29) is 11.7 Å². The molecular formula is C17H16N6O2S4. The maximum Gasteiger partial charge on any atom is 0.277 e. The molecular weight excluding hydrogens is 448 g/mol. The van der Waals surface area contributed by atoms with Crippen LogP contribution in [0.4, 0.5) is 5.13 Å². The predicted octanol–water partition coefficient (Wildman–Crippen LogP) is 4.16. The Balaban J connectivity index is 1.24. The third kappa shape index (κ3) is 5.53. The molecule has 4 rings (SSSR count). The largest absolute Gasteiger partial charge is 0.416 e. The summed E-state index contributed by atoms with van der Waals surface area (Å²) >= 11 is 5.82. The molecule has 0 unspecified atom stereocenters. The third-order valence-electron chi connectivity index (χ3n) is 3.59. The normalized spacial score (nSPS) is 11.2. The van der Waals surface area contributed by atoms with Gasteiger partial charge in [0.05, 0.1) is 21.0 Å². The lowest BCUT2D eigenvalue weighted by molar-refractivity contribution is -0.113. The number of nitrogens with one attached hydrogen (secondary N) is 1. The highest BCUT2D eigenvalue weighted by molar-refractivity contribution is 8.01. The minimum atomic E-state index is -0.187. The van der Waals surface area contributed by atoms with E-state index in [0.29, 0.717) is 22.7 Å². The van der Waals surface area contributed by atoms with Gasteiger partial charge in [-0.15, -0.1) is 31.7 Å². The Hall–Kier alpha value is -2.02. The maximum atomic E-state index is 12.1. The van der Waals surface area contributed by atoms with Crippen molar-refractivity contribution in [1.29, 1.82) is 0 Å². The number of thioether (sulfide) groups is 2. The molecule has 0 aliphatic carbocycles. The van der Waals surface area contributed by atoms with Gasteiger partial charge < -0.3 is 4.42 Å². The molecule has 0 saturated heterocycles. The second kappa shape index (κ2) is 9.65. The summed E-state index contributed by atoms with van der Waals surface area (Å²) in [6.45, 7) is 2.04. The zero-order valence-corrected chi connectivity index (χ0v) is 18.6. The van der Waals surface area contributed by atoms with Gasteiger partial charge in [-0.05, 0) is 17.9 Å². The van der Waals surface area contributed by atoms with Gasteiger partial charge >= 0.3 is 0 Å². The first-order chi connectivity index (χ1) is 14.2. The number of para-hydroxylation sites is 1. The zero-order chi connectivity index (χ0) is 20.1. The molecule has 29 heavy (non-hydrogen) atoms. The molecule has 0 radical (unpaired) electrons. The van der Waals surface area contributed by atoms with E-state index in [9.17, 15) is 4.79 Å². The summed E-state index contributed by atoms with van der Waals surface area (Å²) in [6.07, 6.45) is 1.35. The number of carbonyl (C=O) groups is 1. The number of rotatable bonds is 9. The zero-order valence-electron chi connectivity index (χ0n) is 15.3. The van der Waals surface area contributed by atoms with Crippen molar-refractivity contribution in [2.45, 2.75) is 29.3 Å². The van der Waals surface area contributed by atoms with Crippen molar-refractivity contribution in [1.82, 2.24) is 25.4 Å². The number of fused-ring (bicyclic) bond motifs is 1. The molecule has 0 spiro atoms.